The lowest BCUT2D eigenvalue weighted by Crippen LogP contribution is -2.11. The minimum atomic E-state index is -4.78. The van der Waals surface area contributed by atoms with Crippen molar-refractivity contribution in [1.82, 2.24) is 4.98 Å². The monoisotopic (exact) mass is 349 g/mol. The summed E-state index contributed by atoms with van der Waals surface area (Å²) in [5, 5.41) is 8.35. The van der Waals surface area contributed by atoms with E-state index in [0.29, 0.717) is 0 Å². The molecule has 0 spiro atoms. The zero-order valence-corrected chi connectivity index (χ0v) is 11.3. The zero-order valence-electron chi connectivity index (χ0n) is 7.43. The third-order valence-corrected chi connectivity index (χ3v) is 2.21. The molecule has 1 aromatic heterocycles. The second kappa shape index (κ2) is 6.84. The molecule has 0 aliphatic rings. The largest absolute Gasteiger partial charge is 0.477 e. The van der Waals surface area contributed by atoms with Crippen molar-refractivity contribution >= 4 is 63.7 Å². The molecule has 1 N–H and O–H groups in total. The van der Waals surface area contributed by atoms with Crippen molar-refractivity contribution in [3.05, 3.63) is 15.0 Å². The Morgan fingerprint density at radius 3 is 2.00 bits per heavy atom. The van der Waals surface area contributed by atoms with E-state index in [4.69, 9.17) is 51.5 Å². The van der Waals surface area contributed by atoms with Crippen LogP contribution in [-0.2, 0) is 6.18 Å². The SMILES string of the molecule is ClC(Cl)Cl.O=C(O)c1sc(Cl)nc1C(F)(F)F. The molecule has 1 heterocycles. The van der Waals surface area contributed by atoms with E-state index in [9.17, 15) is 18.0 Å². The van der Waals surface area contributed by atoms with E-state index in [2.05, 4.69) is 4.98 Å². The fourth-order valence-corrected chi connectivity index (χ4v) is 1.60. The summed E-state index contributed by atoms with van der Waals surface area (Å²) in [6.45, 7) is 0. The molecule has 11 heteroatoms. The van der Waals surface area contributed by atoms with Crippen molar-refractivity contribution in [3.8, 4) is 0 Å². The lowest BCUT2D eigenvalue weighted by atomic mass is 10.3. The standard InChI is InChI=1S/C5HClF3NO2S.CHCl3/c6-4-10-2(5(7,8)9)1(13-4)3(11)12;2-1(3)4/h(H,11,12);1H. The van der Waals surface area contributed by atoms with Crippen LogP contribution in [-0.4, -0.2) is 20.4 Å². The highest BCUT2D eigenvalue weighted by molar-refractivity contribution is 7.17. The van der Waals surface area contributed by atoms with Gasteiger partial charge in [-0.05, 0) is 0 Å². The number of halogens is 7. The minimum Gasteiger partial charge on any atom is -0.477 e. The van der Waals surface area contributed by atoms with Gasteiger partial charge in [0.2, 0.25) is 0 Å². The lowest BCUT2D eigenvalue weighted by molar-refractivity contribution is -0.141. The number of aromatic carboxylic acids is 1. The number of carboxylic acids is 1. The third kappa shape index (κ3) is 6.52. The number of hydrogen-bond donors (Lipinski definition) is 1. The molecule has 98 valence electrons. The maximum absolute atomic E-state index is 12.0. The Morgan fingerprint density at radius 2 is 1.76 bits per heavy atom. The summed E-state index contributed by atoms with van der Waals surface area (Å²) in [6.07, 6.45) is -4.78. The molecule has 0 amide bonds. The van der Waals surface area contributed by atoms with Gasteiger partial charge in [-0.1, -0.05) is 57.7 Å². The van der Waals surface area contributed by atoms with Gasteiger partial charge in [0, 0.05) is 0 Å². The first-order valence-corrected chi connectivity index (χ1v) is 5.95. The highest BCUT2D eigenvalue weighted by Gasteiger charge is 2.39. The minimum absolute atomic E-state index is 0.284. The molecule has 17 heavy (non-hydrogen) atoms. The van der Waals surface area contributed by atoms with Crippen molar-refractivity contribution in [2.75, 3.05) is 0 Å². The first-order chi connectivity index (χ1) is 7.55. The van der Waals surface area contributed by atoms with E-state index in [1.54, 1.807) is 0 Å². The summed E-state index contributed by atoms with van der Waals surface area (Å²) in [6, 6.07) is 0. The van der Waals surface area contributed by atoms with Crippen LogP contribution >= 0.6 is 57.7 Å². The van der Waals surface area contributed by atoms with Crippen LogP contribution in [0.1, 0.15) is 15.4 Å². The van der Waals surface area contributed by atoms with Crippen LogP contribution in [0.5, 0.6) is 0 Å². The van der Waals surface area contributed by atoms with Gasteiger partial charge in [0.05, 0.1) is 0 Å². The summed E-state index contributed by atoms with van der Waals surface area (Å²) in [7, 11) is 0. The second-order valence-corrected chi connectivity index (χ2v) is 5.76. The molecule has 0 bridgehead atoms. The van der Waals surface area contributed by atoms with Crippen LogP contribution in [0.2, 0.25) is 4.47 Å². The molecular formula is C6H2Cl4F3NO2S. The molecule has 0 radical (unpaired) electrons. The summed E-state index contributed by atoms with van der Waals surface area (Å²) in [5.41, 5.74) is -1.45. The van der Waals surface area contributed by atoms with Gasteiger partial charge in [-0.25, -0.2) is 9.78 Å². The van der Waals surface area contributed by atoms with Crippen LogP contribution in [0.25, 0.3) is 0 Å². The fraction of sp³-hybridized carbons (Fsp3) is 0.333. The zero-order chi connectivity index (χ0) is 13.8. The smallest absolute Gasteiger partial charge is 0.435 e. The van der Waals surface area contributed by atoms with Gasteiger partial charge in [-0.15, -0.1) is 0 Å². The molecule has 1 rings (SSSR count). The molecule has 0 aliphatic carbocycles. The molecule has 0 aromatic carbocycles. The summed E-state index contributed by atoms with van der Waals surface area (Å²) < 4.78 is 34.9. The molecule has 1 aromatic rings. The van der Waals surface area contributed by atoms with Gasteiger partial charge in [0.1, 0.15) is 4.88 Å². The molecule has 0 atom stereocenters. The topological polar surface area (TPSA) is 50.2 Å². The number of carbonyl (C=O) groups is 1. The number of thiazole rings is 1. The van der Waals surface area contributed by atoms with E-state index < -0.39 is 31.5 Å². The van der Waals surface area contributed by atoms with Crippen molar-refractivity contribution < 1.29 is 23.1 Å². The van der Waals surface area contributed by atoms with Crippen molar-refractivity contribution in [1.29, 1.82) is 0 Å². The normalized spacial score (nSPS) is 11.1. The van der Waals surface area contributed by atoms with Crippen LogP contribution in [0, 0.1) is 0 Å². The Labute approximate surface area is 117 Å². The average molecular weight is 351 g/mol. The summed E-state index contributed by atoms with van der Waals surface area (Å²) >= 11 is 19.9. The van der Waals surface area contributed by atoms with Crippen molar-refractivity contribution in [3.63, 3.8) is 0 Å². The van der Waals surface area contributed by atoms with E-state index in [0.717, 1.165) is 0 Å². The molecular weight excluding hydrogens is 349 g/mol. The van der Waals surface area contributed by atoms with Crippen molar-refractivity contribution in [2.24, 2.45) is 0 Å². The predicted octanol–water partition coefficient (Wildman–Crippen LogP) is 4.50. The quantitative estimate of drug-likeness (QED) is 0.758. The second-order valence-electron chi connectivity index (χ2n) is 2.19. The Bertz CT molecular complexity index is 392. The highest BCUT2D eigenvalue weighted by atomic mass is 35.6. The van der Waals surface area contributed by atoms with Gasteiger partial charge in [-0.3, -0.25) is 0 Å². The third-order valence-electron chi connectivity index (χ3n) is 1.06. The molecule has 0 fully saturated rings. The average Bonchev–Trinajstić information content (AvgIpc) is 2.45. The van der Waals surface area contributed by atoms with E-state index >= 15 is 0 Å². The number of aromatic nitrogens is 1. The molecule has 0 unspecified atom stereocenters. The Morgan fingerprint density at radius 1 is 1.35 bits per heavy atom. The molecule has 3 nitrogen and oxygen atoms in total. The number of rotatable bonds is 1. The van der Waals surface area contributed by atoms with Gasteiger partial charge in [-0.2, -0.15) is 13.2 Å². The highest BCUT2D eigenvalue weighted by Crippen LogP contribution is 2.35. The van der Waals surface area contributed by atoms with Crippen LogP contribution in [0.4, 0.5) is 13.2 Å². The first kappa shape index (κ1) is 17.1. The number of carboxylic acid groups (broad SMARTS) is 1. The maximum atomic E-state index is 12.0. The van der Waals surface area contributed by atoms with E-state index in [-0.39, 0.29) is 11.3 Å². The van der Waals surface area contributed by atoms with Gasteiger partial charge >= 0.3 is 12.1 Å². The lowest BCUT2D eigenvalue weighted by Gasteiger charge is -2.01. The number of alkyl halides is 6. The Balaban J connectivity index is 0.000000557. The summed E-state index contributed by atoms with van der Waals surface area (Å²) in [5.74, 6) is -1.68. The van der Waals surface area contributed by atoms with Gasteiger partial charge in [0.15, 0.2) is 14.5 Å². The predicted molar refractivity (Wildman–Crippen MR) is 60.4 cm³/mol. The number of hydrogen-bond acceptors (Lipinski definition) is 3. The molecule has 0 saturated carbocycles. The molecule has 0 saturated heterocycles. The van der Waals surface area contributed by atoms with Gasteiger partial charge in [0.25, 0.3) is 0 Å². The Kier molecular flexibility index (Phi) is 6.86. The van der Waals surface area contributed by atoms with Crippen LogP contribution in [0.3, 0.4) is 0 Å². The van der Waals surface area contributed by atoms with Crippen LogP contribution in [0.15, 0.2) is 0 Å². The fourth-order valence-electron chi connectivity index (χ4n) is 0.631. The van der Waals surface area contributed by atoms with E-state index in [1.165, 1.54) is 0 Å². The molecule has 0 aliphatic heterocycles. The summed E-state index contributed by atoms with van der Waals surface area (Å²) in [4.78, 5) is 12.3. The van der Waals surface area contributed by atoms with Gasteiger partial charge < -0.3 is 5.11 Å². The van der Waals surface area contributed by atoms with Crippen LogP contribution < -0.4 is 0 Å². The maximum Gasteiger partial charge on any atom is 0.435 e. The van der Waals surface area contributed by atoms with Crippen molar-refractivity contribution in [2.45, 2.75) is 10.5 Å². The Hall–Kier alpha value is 0.0500. The van der Waals surface area contributed by atoms with E-state index in [1.807, 2.05) is 0 Å². The number of nitrogens with zero attached hydrogens (tertiary/aromatic N) is 1. The first-order valence-electron chi connectivity index (χ1n) is 3.44.